The molecule has 2 heterocycles. The number of aromatic amines is 1. The van der Waals surface area contributed by atoms with Gasteiger partial charge in [0.15, 0.2) is 17.3 Å². The van der Waals surface area contributed by atoms with Gasteiger partial charge >= 0.3 is 11.7 Å². The number of para-hydroxylation sites is 1. The number of nitrogens with zero attached hydrogens (tertiary/aromatic N) is 2. The number of esters is 1. The molecule has 0 radical (unpaired) electrons. The first-order valence-electron chi connectivity index (χ1n) is 7.55. The number of hydrazone groups is 1. The monoisotopic (exact) mass is 354 g/mol. The number of Topliss-reactive ketones (excluding diaryl/α,β-unsaturated/α-hetero) is 1. The molecule has 0 spiro atoms. The van der Waals surface area contributed by atoms with E-state index in [9.17, 15) is 14.4 Å². The van der Waals surface area contributed by atoms with Crippen molar-refractivity contribution in [2.24, 2.45) is 5.10 Å². The molecule has 0 aliphatic heterocycles. The Morgan fingerprint density at radius 1 is 1.27 bits per heavy atom. The molecular formula is C17H14N4O5. The van der Waals surface area contributed by atoms with Gasteiger partial charge in [-0.15, -0.1) is 0 Å². The quantitative estimate of drug-likeness (QED) is 0.299. The molecule has 26 heavy (non-hydrogen) atoms. The molecule has 1 aromatic carbocycles. The largest absolute Gasteiger partial charge is 0.464 e. The number of carbonyl (C=O) groups is 2. The molecule has 0 fully saturated rings. The van der Waals surface area contributed by atoms with Gasteiger partial charge in [0, 0.05) is 5.39 Å². The molecule has 0 unspecified atom stereocenters. The predicted octanol–water partition coefficient (Wildman–Crippen LogP) is 1.73. The number of hydrogen-bond donors (Lipinski definition) is 2. The average Bonchev–Trinajstić information content (AvgIpc) is 3.18. The van der Waals surface area contributed by atoms with E-state index < -0.39 is 17.4 Å². The molecule has 0 aliphatic rings. The molecule has 2 aromatic heterocycles. The molecule has 2 N–H and O–H groups in total. The van der Waals surface area contributed by atoms with Crippen LogP contribution in [0.3, 0.4) is 0 Å². The fraction of sp³-hybridized carbons (Fsp3) is 0.118. The topological polar surface area (TPSA) is 127 Å². The lowest BCUT2D eigenvalue weighted by atomic mass is 10.1. The number of ketones is 1. The van der Waals surface area contributed by atoms with Gasteiger partial charge in [-0.1, -0.05) is 12.1 Å². The van der Waals surface area contributed by atoms with Gasteiger partial charge in [-0.3, -0.25) is 10.2 Å². The summed E-state index contributed by atoms with van der Waals surface area (Å²) in [5.74, 6) is -0.978. The second kappa shape index (κ2) is 7.43. The van der Waals surface area contributed by atoms with Gasteiger partial charge in [-0.2, -0.15) is 10.1 Å². The van der Waals surface area contributed by atoms with Gasteiger partial charge in [0.25, 0.3) is 0 Å². The highest BCUT2D eigenvalue weighted by Gasteiger charge is 2.20. The third kappa shape index (κ3) is 3.66. The lowest BCUT2D eigenvalue weighted by molar-refractivity contribution is -0.132. The summed E-state index contributed by atoms with van der Waals surface area (Å²) in [5.41, 5.74) is 2.36. The number of rotatable bonds is 6. The van der Waals surface area contributed by atoms with E-state index in [1.807, 2.05) is 0 Å². The van der Waals surface area contributed by atoms with Crippen LogP contribution in [0, 0.1) is 0 Å². The van der Waals surface area contributed by atoms with Gasteiger partial charge in [0.05, 0.1) is 25.3 Å². The Morgan fingerprint density at radius 2 is 2.08 bits per heavy atom. The highest BCUT2D eigenvalue weighted by Crippen LogP contribution is 2.17. The minimum Gasteiger partial charge on any atom is -0.464 e. The number of aromatic nitrogens is 2. The fourth-order valence-electron chi connectivity index (χ4n) is 2.26. The number of carbonyl (C=O) groups excluding carboxylic acids is 2. The Bertz CT molecular complexity index is 1040. The van der Waals surface area contributed by atoms with E-state index >= 15 is 0 Å². The molecule has 0 saturated carbocycles. The maximum absolute atomic E-state index is 12.1. The summed E-state index contributed by atoms with van der Waals surface area (Å²) in [6.45, 7) is 0. The van der Waals surface area contributed by atoms with E-state index in [1.165, 1.54) is 19.4 Å². The Balaban J connectivity index is 1.91. The van der Waals surface area contributed by atoms with Crippen molar-refractivity contribution in [2.75, 3.05) is 12.5 Å². The Hall–Kier alpha value is -3.75. The van der Waals surface area contributed by atoms with Crippen LogP contribution in [-0.2, 0) is 9.53 Å². The Kier molecular flexibility index (Phi) is 4.88. The number of furan rings is 1. The summed E-state index contributed by atoms with van der Waals surface area (Å²) >= 11 is 0. The van der Waals surface area contributed by atoms with Crippen LogP contribution in [0.4, 0.5) is 5.82 Å². The highest BCUT2D eigenvalue weighted by atomic mass is 16.5. The fourth-order valence-corrected chi connectivity index (χ4v) is 2.26. The SMILES string of the molecule is COC(=O)/C(CC(=O)c1ccco1)=N\Nc1nc(=O)[nH]c2ccccc12. The van der Waals surface area contributed by atoms with Crippen LogP contribution in [0.25, 0.3) is 10.9 Å². The molecule has 0 aliphatic carbocycles. The number of H-pyrrole nitrogens is 1. The van der Waals surface area contributed by atoms with Gasteiger partial charge in [0.2, 0.25) is 5.78 Å². The van der Waals surface area contributed by atoms with Crippen LogP contribution in [0.15, 0.2) is 57.0 Å². The van der Waals surface area contributed by atoms with Crippen LogP contribution in [-0.4, -0.2) is 34.5 Å². The van der Waals surface area contributed by atoms with E-state index in [4.69, 9.17) is 4.42 Å². The zero-order chi connectivity index (χ0) is 18.5. The molecule has 0 saturated heterocycles. The highest BCUT2D eigenvalue weighted by molar-refractivity contribution is 6.40. The third-order valence-electron chi connectivity index (χ3n) is 3.48. The summed E-state index contributed by atoms with van der Waals surface area (Å²) in [6.07, 6.45) is 1.01. The van der Waals surface area contributed by atoms with E-state index in [2.05, 4.69) is 25.2 Å². The van der Waals surface area contributed by atoms with Crippen molar-refractivity contribution >= 4 is 34.2 Å². The van der Waals surface area contributed by atoms with Crippen molar-refractivity contribution in [1.29, 1.82) is 0 Å². The third-order valence-corrected chi connectivity index (χ3v) is 3.48. The van der Waals surface area contributed by atoms with Crippen LogP contribution in [0.5, 0.6) is 0 Å². The zero-order valence-electron chi connectivity index (χ0n) is 13.7. The molecule has 0 amide bonds. The summed E-state index contributed by atoms with van der Waals surface area (Å²) in [6, 6.07) is 9.99. The van der Waals surface area contributed by atoms with Crippen molar-refractivity contribution < 1.29 is 18.7 Å². The van der Waals surface area contributed by atoms with Gasteiger partial charge in [-0.25, -0.2) is 9.59 Å². The first kappa shape index (κ1) is 17.1. The normalized spacial score (nSPS) is 11.3. The van der Waals surface area contributed by atoms with E-state index in [1.54, 1.807) is 30.3 Å². The maximum atomic E-state index is 12.1. The summed E-state index contributed by atoms with van der Waals surface area (Å²) in [4.78, 5) is 42.1. The molecule has 3 rings (SSSR count). The van der Waals surface area contributed by atoms with E-state index in [0.717, 1.165) is 0 Å². The van der Waals surface area contributed by atoms with Crippen molar-refractivity contribution in [3.63, 3.8) is 0 Å². The summed E-state index contributed by atoms with van der Waals surface area (Å²) < 4.78 is 9.66. The second-order valence-electron chi connectivity index (χ2n) is 5.18. The molecule has 9 heteroatoms. The molecule has 0 atom stereocenters. The molecule has 9 nitrogen and oxygen atoms in total. The number of fused-ring (bicyclic) bond motifs is 1. The number of methoxy groups -OCH3 is 1. The summed E-state index contributed by atoms with van der Waals surface area (Å²) in [7, 11) is 1.18. The summed E-state index contributed by atoms with van der Waals surface area (Å²) in [5, 5.41) is 4.51. The molecule has 3 aromatic rings. The number of anilines is 1. The van der Waals surface area contributed by atoms with E-state index in [0.29, 0.717) is 10.9 Å². The lowest BCUT2D eigenvalue weighted by Gasteiger charge is -2.06. The van der Waals surface area contributed by atoms with Gasteiger partial charge in [0.1, 0.15) is 0 Å². The van der Waals surface area contributed by atoms with Crippen LogP contribution in [0.1, 0.15) is 17.0 Å². The molecule has 132 valence electrons. The lowest BCUT2D eigenvalue weighted by Crippen LogP contribution is -2.22. The number of nitrogens with one attached hydrogen (secondary N) is 2. The number of benzene rings is 1. The number of hydrogen-bond acceptors (Lipinski definition) is 8. The maximum Gasteiger partial charge on any atom is 0.354 e. The van der Waals surface area contributed by atoms with Crippen LogP contribution >= 0.6 is 0 Å². The minimum absolute atomic E-state index is 0.0985. The Labute approximate surface area is 146 Å². The Morgan fingerprint density at radius 3 is 2.81 bits per heavy atom. The number of ether oxygens (including phenoxy) is 1. The van der Waals surface area contributed by atoms with Gasteiger partial charge < -0.3 is 14.1 Å². The van der Waals surface area contributed by atoms with Crippen molar-refractivity contribution in [3.8, 4) is 0 Å². The first-order valence-corrected chi connectivity index (χ1v) is 7.55. The van der Waals surface area contributed by atoms with Crippen molar-refractivity contribution in [2.45, 2.75) is 6.42 Å². The average molecular weight is 354 g/mol. The second-order valence-corrected chi connectivity index (χ2v) is 5.18. The molecular weight excluding hydrogens is 340 g/mol. The smallest absolute Gasteiger partial charge is 0.354 e. The standard InChI is InChI=1S/C17H14N4O5/c1-25-16(23)12(9-13(22)14-7-4-8-26-14)20-21-15-10-5-2-3-6-11(10)18-17(24)19-15/h2-8H,9H2,1H3,(H2,18,19,21,24)/b20-12-. The zero-order valence-corrected chi connectivity index (χ0v) is 13.7. The van der Waals surface area contributed by atoms with Crippen LogP contribution < -0.4 is 11.1 Å². The van der Waals surface area contributed by atoms with Crippen molar-refractivity contribution in [1.82, 2.24) is 9.97 Å². The van der Waals surface area contributed by atoms with Gasteiger partial charge in [-0.05, 0) is 24.3 Å². The predicted molar refractivity (Wildman–Crippen MR) is 93.1 cm³/mol. The molecule has 0 bridgehead atoms. The first-order chi connectivity index (χ1) is 12.6. The minimum atomic E-state index is -0.786. The van der Waals surface area contributed by atoms with Crippen LogP contribution in [0.2, 0.25) is 0 Å². The van der Waals surface area contributed by atoms with Crippen molar-refractivity contribution in [3.05, 3.63) is 58.9 Å². The van der Waals surface area contributed by atoms with E-state index in [-0.39, 0.29) is 23.7 Å².